The van der Waals surface area contributed by atoms with Gasteiger partial charge >= 0.3 is 0 Å². The molecule has 1 amide bonds. The van der Waals surface area contributed by atoms with Crippen molar-refractivity contribution in [1.82, 2.24) is 10.2 Å². The molecule has 0 radical (unpaired) electrons. The summed E-state index contributed by atoms with van der Waals surface area (Å²) in [6.07, 6.45) is 3.50. The molecular weight excluding hydrogens is 288 g/mol. The highest BCUT2D eigenvalue weighted by atomic mass is 16.5. The van der Waals surface area contributed by atoms with Gasteiger partial charge in [0.25, 0.3) is 5.91 Å². The number of carbonyl (C=O) groups is 1. The molecule has 126 valence electrons. The number of hydrogen-bond donors (Lipinski definition) is 1. The van der Waals surface area contributed by atoms with Crippen LogP contribution in [0.5, 0.6) is 5.75 Å². The lowest BCUT2D eigenvalue weighted by atomic mass is 9.78. The van der Waals surface area contributed by atoms with Crippen LogP contribution in [0.2, 0.25) is 0 Å². The van der Waals surface area contributed by atoms with Gasteiger partial charge in [0.1, 0.15) is 5.75 Å². The van der Waals surface area contributed by atoms with Gasteiger partial charge in [0.15, 0.2) is 0 Å². The predicted molar refractivity (Wildman–Crippen MR) is 91.8 cm³/mol. The standard InChI is InChI=1S/C19H28N2O2/c1-15(2)13-23-17-5-3-4-16(12-17)18(22)21-10-7-19(8-11-21)6-9-20-14-19/h3-5,12,15,20H,6-11,13-14H2,1-2H3. The average Bonchev–Trinajstić information content (AvgIpc) is 3.01. The second-order valence-electron chi connectivity index (χ2n) is 7.45. The summed E-state index contributed by atoms with van der Waals surface area (Å²) in [5.74, 6) is 1.41. The van der Waals surface area contributed by atoms with Crippen LogP contribution in [0.1, 0.15) is 43.5 Å². The molecule has 4 nitrogen and oxygen atoms in total. The van der Waals surface area contributed by atoms with Crippen LogP contribution in [-0.4, -0.2) is 43.6 Å². The first-order valence-electron chi connectivity index (χ1n) is 8.81. The molecule has 2 fully saturated rings. The van der Waals surface area contributed by atoms with Gasteiger partial charge in [0.2, 0.25) is 0 Å². The second-order valence-corrected chi connectivity index (χ2v) is 7.45. The second kappa shape index (κ2) is 6.91. The molecule has 0 aromatic heterocycles. The number of piperidine rings is 1. The Labute approximate surface area is 139 Å². The van der Waals surface area contributed by atoms with E-state index in [-0.39, 0.29) is 5.91 Å². The van der Waals surface area contributed by atoms with Crippen LogP contribution in [0.4, 0.5) is 0 Å². The Hall–Kier alpha value is -1.55. The van der Waals surface area contributed by atoms with Crippen molar-refractivity contribution in [2.75, 3.05) is 32.8 Å². The summed E-state index contributed by atoms with van der Waals surface area (Å²) in [5, 5.41) is 3.47. The molecule has 1 aromatic carbocycles. The van der Waals surface area contributed by atoms with Crippen molar-refractivity contribution < 1.29 is 9.53 Å². The zero-order chi connectivity index (χ0) is 16.3. The van der Waals surface area contributed by atoms with E-state index in [9.17, 15) is 4.79 Å². The summed E-state index contributed by atoms with van der Waals surface area (Å²) in [6.45, 7) is 8.91. The van der Waals surface area contributed by atoms with Gasteiger partial charge in [-0.25, -0.2) is 0 Å². The molecule has 2 aliphatic rings. The van der Waals surface area contributed by atoms with E-state index in [0.717, 1.165) is 50.3 Å². The monoisotopic (exact) mass is 316 g/mol. The van der Waals surface area contributed by atoms with E-state index in [0.29, 0.717) is 17.9 Å². The Morgan fingerprint density at radius 2 is 2.09 bits per heavy atom. The molecular formula is C19H28N2O2. The minimum Gasteiger partial charge on any atom is -0.493 e. The lowest BCUT2D eigenvalue weighted by molar-refractivity contribution is 0.0607. The molecule has 4 heteroatoms. The maximum atomic E-state index is 12.7. The van der Waals surface area contributed by atoms with Gasteiger partial charge in [-0.05, 0) is 55.3 Å². The highest BCUT2D eigenvalue weighted by Gasteiger charge is 2.38. The molecule has 1 spiro atoms. The lowest BCUT2D eigenvalue weighted by Gasteiger charge is -2.38. The van der Waals surface area contributed by atoms with Crippen molar-refractivity contribution >= 4 is 5.91 Å². The van der Waals surface area contributed by atoms with Gasteiger partial charge in [-0.15, -0.1) is 0 Å². The highest BCUT2D eigenvalue weighted by molar-refractivity contribution is 5.94. The van der Waals surface area contributed by atoms with Crippen molar-refractivity contribution in [3.05, 3.63) is 29.8 Å². The molecule has 0 aliphatic carbocycles. The first kappa shape index (κ1) is 16.3. The zero-order valence-electron chi connectivity index (χ0n) is 14.3. The van der Waals surface area contributed by atoms with Crippen molar-refractivity contribution in [3.8, 4) is 5.75 Å². The number of nitrogens with one attached hydrogen (secondary N) is 1. The van der Waals surface area contributed by atoms with Crippen LogP contribution in [0.15, 0.2) is 24.3 Å². The first-order chi connectivity index (χ1) is 11.1. The number of rotatable bonds is 4. The number of ether oxygens (including phenoxy) is 1. The summed E-state index contributed by atoms with van der Waals surface area (Å²) in [4.78, 5) is 14.8. The van der Waals surface area contributed by atoms with Gasteiger partial charge < -0.3 is 15.0 Å². The molecule has 2 heterocycles. The third-order valence-corrected chi connectivity index (χ3v) is 5.11. The first-order valence-corrected chi connectivity index (χ1v) is 8.81. The number of amides is 1. The Bertz CT molecular complexity index is 540. The molecule has 0 atom stereocenters. The smallest absolute Gasteiger partial charge is 0.253 e. The Balaban J connectivity index is 1.61. The van der Waals surface area contributed by atoms with Crippen molar-refractivity contribution in [2.45, 2.75) is 33.1 Å². The zero-order valence-corrected chi connectivity index (χ0v) is 14.3. The Morgan fingerprint density at radius 1 is 1.30 bits per heavy atom. The van der Waals surface area contributed by atoms with Gasteiger partial charge in [0.05, 0.1) is 6.61 Å². The molecule has 2 aliphatic heterocycles. The Morgan fingerprint density at radius 3 is 2.74 bits per heavy atom. The lowest BCUT2D eigenvalue weighted by Crippen LogP contribution is -2.44. The van der Waals surface area contributed by atoms with Crippen LogP contribution in [0.25, 0.3) is 0 Å². The number of hydrogen-bond acceptors (Lipinski definition) is 3. The number of benzene rings is 1. The minimum absolute atomic E-state index is 0.140. The Kier molecular flexibility index (Phi) is 4.90. The van der Waals surface area contributed by atoms with E-state index in [2.05, 4.69) is 19.2 Å². The van der Waals surface area contributed by atoms with Crippen LogP contribution >= 0.6 is 0 Å². The third kappa shape index (κ3) is 3.86. The quantitative estimate of drug-likeness (QED) is 0.928. The summed E-state index contributed by atoms with van der Waals surface area (Å²) in [7, 11) is 0. The molecule has 1 aromatic rings. The SMILES string of the molecule is CC(C)COc1cccc(C(=O)N2CCC3(CCNC3)CC2)c1. The summed E-state index contributed by atoms with van der Waals surface area (Å²) >= 11 is 0. The molecule has 23 heavy (non-hydrogen) atoms. The van der Waals surface area contributed by atoms with E-state index < -0.39 is 0 Å². The van der Waals surface area contributed by atoms with E-state index in [4.69, 9.17) is 4.74 Å². The molecule has 0 bridgehead atoms. The largest absolute Gasteiger partial charge is 0.493 e. The van der Waals surface area contributed by atoms with Gasteiger partial charge in [-0.1, -0.05) is 19.9 Å². The van der Waals surface area contributed by atoms with E-state index >= 15 is 0 Å². The fraction of sp³-hybridized carbons (Fsp3) is 0.632. The normalized spacial score (nSPS) is 20.2. The topological polar surface area (TPSA) is 41.6 Å². The van der Waals surface area contributed by atoms with Crippen molar-refractivity contribution in [2.24, 2.45) is 11.3 Å². The molecule has 1 N–H and O–H groups in total. The third-order valence-electron chi connectivity index (χ3n) is 5.11. The van der Waals surface area contributed by atoms with Gasteiger partial charge in [-0.3, -0.25) is 4.79 Å². The van der Waals surface area contributed by atoms with E-state index in [1.165, 1.54) is 6.42 Å². The van der Waals surface area contributed by atoms with Gasteiger partial charge in [0, 0.05) is 25.2 Å². The molecule has 0 unspecified atom stereocenters. The highest BCUT2D eigenvalue weighted by Crippen LogP contribution is 2.37. The number of nitrogens with zero attached hydrogens (tertiary/aromatic N) is 1. The van der Waals surface area contributed by atoms with Crippen LogP contribution < -0.4 is 10.1 Å². The molecule has 0 saturated carbocycles. The maximum absolute atomic E-state index is 12.7. The van der Waals surface area contributed by atoms with Gasteiger partial charge in [-0.2, -0.15) is 0 Å². The predicted octanol–water partition coefficient (Wildman–Crippen LogP) is 2.94. The molecule has 2 saturated heterocycles. The summed E-state index contributed by atoms with van der Waals surface area (Å²) in [6, 6.07) is 7.61. The molecule has 3 rings (SSSR count). The average molecular weight is 316 g/mol. The van der Waals surface area contributed by atoms with Crippen molar-refractivity contribution in [3.63, 3.8) is 0 Å². The number of carbonyl (C=O) groups excluding carboxylic acids is 1. The van der Waals surface area contributed by atoms with E-state index in [1.807, 2.05) is 29.2 Å². The fourth-order valence-electron chi connectivity index (χ4n) is 3.57. The van der Waals surface area contributed by atoms with Crippen LogP contribution in [0.3, 0.4) is 0 Å². The van der Waals surface area contributed by atoms with Crippen LogP contribution in [-0.2, 0) is 0 Å². The summed E-state index contributed by atoms with van der Waals surface area (Å²) < 4.78 is 5.74. The minimum atomic E-state index is 0.140. The fourth-order valence-corrected chi connectivity index (χ4v) is 3.57. The summed E-state index contributed by atoms with van der Waals surface area (Å²) in [5.41, 5.74) is 1.19. The van der Waals surface area contributed by atoms with Crippen LogP contribution in [0, 0.1) is 11.3 Å². The van der Waals surface area contributed by atoms with E-state index in [1.54, 1.807) is 0 Å². The number of likely N-dealkylation sites (tertiary alicyclic amines) is 1. The maximum Gasteiger partial charge on any atom is 0.253 e. The van der Waals surface area contributed by atoms with Crippen molar-refractivity contribution in [1.29, 1.82) is 0 Å².